The molecule has 3 saturated heterocycles. The van der Waals surface area contributed by atoms with Gasteiger partial charge in [-0.05, 0) is 44.7 Å². The van der Waals surface area contributed by atoms with Gasteiger partial charge in [0.15, 0.2) is 0 Å². The highest BCUT2D eigenvalue weighted by atomic mass is 16.2. The number of hydrogen-bond acceptors (Lipinski definition) is 3. The third-order valence-electron chi connectivity index (χ3n) is 4.99. The summed E-state index contributed by atoms with van der Waals surface area (Å²) < 4.78 is 0. The van der Waals surface area contributed by atoms with Crippen molar-refractivity contribution in [3.8, 4) is 0 Å². The average molecular weight is 280 g/mol. The molecule has 0 atom stereocenters. The van der Waals surface area contributed by atoms with Crippen LogP contribution in [0.25, 0.3) is 0 Å². The van der Waals surface area contributed by atoms with Crippen molar-refractivity contribution in [1.29, 1.82) is 0 Å². The Balaban J connectivity index is 1.41. The van der Waals surface area contributed by atoms with Gasteiger partial charge in [-0.15, -0.1) is 0 Å². The zero-order chi connectivity index (χ0) is 13.8. The summed E-state index contributed by atoms with van der Waals surface area (Å²) in [6, 6.07) is 0.270. The average Bonchev–Trinajstić information content (AvgIpc) is 3.01. The summed E-state index contributed by atoms with van der Waals surface area (Å²) in [5, 5.41) is 3.30. The number of hydrogen-bond donors (Lipinski definition) is 1. The minimum absolute atomic E-state index is 0.270. The Bertz CT molecular complexity index is 316. The van der Waals surface area contributed by atoms with E-state index in [1.165, 1.54) is 45.3 Å². The molecule has 0 saturated carbocycles. The molecule has 0 radical (unpaired) electrons. The minimum atomic E-state index is 0.270. The van der Waals surface area contributed by atoms with Crippen molar-refractivity contribution in [1.82, 2.24) is 20.0 Å². The molecule has 114 valence electrons. The van der Waals surface area contributed by atoms with Crippen LogP contribution in [0.2, 0.25) is 0 Å². The van der Waals surface area contributed by atoms with Crippen LogP contribution in [0.5, 0.6) is 0 Å². The van der Waals surface area contributed by atoms with E-state index in [2.05, 4.69) is 15.1 Å². The highest BCUT2D eigenvalue weighted by Gasteiger charge is 2.28. The van der Waals surface area contributed by atoms with Gasteiger partial charge >= 0.3 is 6.03 Å². The van der Waals surface area contributed by atoms with Crippen molar-refractivity contribution in [2.75, 3.05) is 58.9 Å². The Morgan fingerprint density at radius 1 is 0.900 bits per heavy atom. The fourth-order valence-corrected chi connectivity index (χ4v) is 3.69. The topological polar surface area (TPSA) is 38.8 Å². The number of urea groups is 1. The molecule has 0 bridgehead atoms. The molecule has 0 aliphatic carbocycles. The Morgan fingerprint density at radius 3 is 2.15 bits per heavy atom. The van der Waals surface area contributed by atoms with E-state index in [1.54, 1.807) is 0 Å². The Labute approximate surface area is 122 Å². The lowest BCUT2D eigenvalue weighted by molar-refractivity contribution is 0.120. The lowest BCUT2D eigenvalue weighted by Gasteiger charge is -2.38. The molecule has 5 heteroatoms. The molecule has 20 heavy (non-hydrogen) atoms. The second kappa shape index (κ2) is 6.76. The number of likely N-dealkylation sites (tertiary alicyclic amines) is 2. The summed E-state index contributed by atoms with van der Waals surface area (Å²) in [5.41, 5.74) is 0. The Kier molecular flexibility index (Phi) is 4.78. The molecule has 3 aliphatic heterocycles. The molecule has 3 rings (SSSR count). The number of carbonyl (C=O) groups excluding carboxylic acids is 1. The normalized spacial score (nSPS) is 26.2. The summed E-state index contributed by atoms with van der Waals surface area (Å²) in [6.45, 7) is 9.38. The van der Waals surface area contributed by atoms with Crippen LogP contribution in [0.3, 0.4) is 0 Å². The summed E-state index contributed by atoms with van der Waals surface area (Å²) in [6.07, 6.45) is 5.13. The molecule has 0 unspecified atom stereocenters. The summed E-state index contributed by atoms with van der Waals surface area (Å²) in [4.78, 5) is 19.1. The van der Waals surface area contributed by atoms with Gasteiger partial charge in [0.05, 0.1) is 0 Å². The van der Waals surface area contributed by atoms with Crippen LogP contribution < -0.4 is 5.32 Å². The second-order valence-corrected chi connectivity index (χ2v) is 6.46. The third kappa shape index (κ3) is 3.44. The maximum atomic E-state index is 12.4. The molecule has 0 aromatic carbocycles. The Hall–Kier alpha value is -0.810. The second-order valence-electron chi connectivity index (χ2n) is 6.46. The molecule has 2 amide bonds. The van der Waals surface area contributed by atoms with Crippen molar-refractivity contribution in [2.45, 2.75) is 25.7 Å². The predicted octanol–water partition coefficient (Wildman–Crippen LogP) is 0.819. The highest BCUT2D eigenvalue weighted by Crippen LogP contribution is 2.21. The van der Waals surface area contributed by atoms with Crippen LogP contribution in [-0.4, -0.2) is 79.6 Å². The van der Waals surface area contributed by atoms with E-state index in [1.807, 2.05) is 4.90 Å². The van der Waals surface area contributed by atoms with Crippen LogP contribution in [0.4, 0.5) is 4.79 Å². The molecule has 3 heterocycles. The maximum absolute atomic E-state index is 12.4. The van der Waals surface area contributed by atoms with E-state index in [-0.39, 0.29) is 6.03 Å². The van der Waals surface area contributed by atoms with Gasteiger partial charge in [-0.2, -0.15) is 0 Å². The van der Waals surface area contributed by atoms with Gasteiger partial charge in [-0.3, -0.25) is 0 Å². The SMILES string of the molecule is O=C(N1CCNCC1)N1CCC(CN2CCCC2)CC1. The lowest BCUT2D eigenvalue weighted by atomic mass is 9.96. The first-order valence-electron chi connectivity index (χ1n) is 8.30. The number of rotatable bonds is 2. The van der Waals surface area contributed by atoms with Crippen LogP contribution in [-0.2, 0) is 0 Å². The van der Waals surface area contributed by atoms with E-state index < -0.39 is 0 Å². The van der Waals surface area contributed by atoms with Crippen LogP contribution >= 0.6 is 0 Å². The van der Waals surface area contributed by atoms with Crippen LogP contribution in [0, 0.1) is 5.92 Å². The number of piperidine rings is 1. The van der Waals surface area contributed by atoms with Gasteiger partial charge in [-0.1, -0.05) is 0 Å². The fourth-order valence-electron chi connectivity index (χ4n) is 3.69. The molecule has 0 aromatic heterocycles. The molecule has 0 aromatic rings. The molecule has 0 spiro atoms. The van der Waals surface area contributed by atoms with Crippen molar-refractivity contribution in [3.63, 3.8) is 0 Å². The van der Waals surface area contributed by atoms with Crippen LogP contribution in [0.1, 0.15) is 25.7 Å². The first kappa shape index (κ1) is 14.1. The maximum Gasteiger partial charge on any atom is 0.320 e. The zero-order valence-electron chi connectivity index (χ0n) is 12.5. The minimum Gasteiger partial charge on any atom is -0.325 e. The lowest BCUT2D eigenvalue weighted by Crippen LogP contribution is -2.53. The van der Waals surface area contributed by atoms with E-state index in [0.717, 1.165) is 45.2 Å². The quantitative estimate of drug-likeness (QED) is 0.814. The number of nitrogens with zero attached hydrogens (tertiary/aromatic N) is 3. The fraction of sp³-hybridized carbons (Fsp3) is 0.933. The highest BCUT2D eigenvalue weighted by molar-refractivity contribution is 5.74. The number of amides is 2. The summed E-state index contributed by atoms with van der Waals surface area (Å²) in [5.74, 6) is 0.806. The summed E-state index contributed by atoms with van der Waals surface area (Å²) >= 11 is 0. The van der Waals surface area contributed by atoms with Gasteiger partial charge < -0.3 is 20.0 Å². The standard InChI is InChI=1S/C15H28N4O/c20-15(19-11-5-16-6-12-19)18-9-3-14(4-10-18)13-17-7-1-2-8-17/h14,16H,1-13H2. The first-order chi connectivity index (χ1) is 9.83. The van der Waals surface area contributed by atoms with E-state index >= 15 is 0 Å². The van der Waals surface area contributed by atoms with Crippen molar-refractivity contribution >= 4 is 6.03 Å². The first-order valence-corrected chi connectivity index (χ1v) is 8.30. The van der Waals surface area contributed by atoms with E-state index in [0.29, 0.717) is 0 Å². The van der Waals surface area contributed by atoms with Gasteiger partial charge in [0.1, 0.15) is 0 Å². The smallest absolute Gasteiger partial charge is 0.320 e. The predicted molar refractivity (Wildman–Crippen MR) is 79.8 cm³/mol. The molecule has 5 nitrogen and oxygen atoms in total. The number of piperazine rings is 1. The van der Waals surface area contributed by atoms with E-state index in [9.17, 15) is 4.79 Å². The van der Waals surface area contributed by atoms with E-state index in [4.69, 9.17) is 0 Å². The number of carbonyl (C=O) groups is 1. The van der Waals surface area contributed by atoms with Gasteiger partial charge in [0.25, 0.3) is 0 Å². The summed E-state index contributed by atoms with van der Waals surface area (Å²) in [7, 11) is 0. The van der Waals surface area contributed by atoms with Gasteiger partial charge in [-0.25, -0.2) is 4.79 Å². The largest absolute Gasteiger partial charge is 0.325 e. The molecular weight excluding hydrogens is 252 g/mol. The third-order valence-corrected chi connectivity index (χ3v) is 4.99. The van der Waals surface area contributed by atoms with Gasteiger partial charge in [0.2, 0.25) is 0 Å². The van der Waals surface area contributed by atoms with Crippen LogP contribution in [0.15, 0.2) is 0 Å². The van der Waals surface area contributed by atoms with Gasteiger partial charge in [0, 0.05) is 45.8 Å². The van der Waals surface area contributed by atoms with Crippen molar-refractivity contribution in [3.05, 3.63) is 0 Å². The molecule has 1 N–H and O–H groups in total. The number of nitrogens with one attached hydrogen (secondary N) is 1. The molecule has 3 aliphatic rings. The zero-order valence-corrected chi connectivity index (χ0v) is 12.5. The van der Waals surface area contributed by atoms with Crippen molar-refractivity contribution in [2.24, 2.45) is 5.92 Å². The Morgan fingerprint density at radius 2 is 1.50 bits per heavy atom. The monoisotopic (exact) mass is 280 g/mol. The van der Waals surface area contributed by atoms with Crippen molar-refractivity contribution < 1.29 is 4.79 Å². The molecule has 3 fully saturated rings. The molecular formula is C15H28N4O.